The molecule has 1 aromatic rings. The SMILES string of the molecule is CCNC1(C(N)=O)CCC(Oc2cc(F)cc(F)c2)C1. The Kier molecular flexibility index (Phi) is 4.23. The van der Waals surface area contributed by atoms with E-state index in [0.29, 0.717) is 25.8 Å². The lowest BCUT2D eigenvalue weighted by atomic mass is 9.96. The van der Waals surface area contributed by atoms with E-state index in [-0.39, 0.29) is 11.9 Å². The second-order valence-corrected chi connectivity index (χ2v) is 5.06. The second kappa shape index (κ2) is 5.75. The van der Waals surface area contributed by atoms with Gasteiger partial charge in [0.15, 0.2) is 0 Å². The molecule has 1 aliphatic carbocycles. The van der Waals surface area contributed by atoms with Crippen molar-refractivity contribution < 1.29 is 18.3 Å². The van der Waals surface area contributed by atoms with E-state index in [2.05, 4.69) is 5.32 Å². The molecule has 1 fully saturated rings. The van der Waals surface area contributed by atoms with Crippen molar-refractivity contribution >= 4 is 5.91 Å². The molecular formula is C14H18F2N2O2. The fourth-order valence-corrected chi connectivity index (χ4v) is 2.70. The van der Waals surface area contributed by atoms with Crippen LogP contribution in [-0.2, 0) is 4.79 Å². The average molecular weight is 284 g/mol. The number of ether oxygens (including phenoxy) is 1. The van der Waals surface area contributed by atoms with Gasteiger partial charge in [-0.1, -0.05) is 6.92 Å². The van der Waals surface area contributed by atoms with Crippen LogP contribution >= 0.6 is 0 Å². The molecule has 2 unspecified atom stereocenters. The van der Waals surface area contributed by atoms with E-state index < -0.39 is 23.1 Å². The Bertz CT molecular complexity index is 490. The summed E-state index contributed by atoms with van der Waals surface area (Å²) in [5.41, 5.74) is 4.66. The Balaban J connectivity index is 2.07. The lowest BCUT2D eigenvalue weighted by Gasteiger charge is -2.26. The van der Waals surface area contributed by atoms with Gasteiger partial charge in [0, 0.05) is 24.6 Å². The highest BCUT2D eigenvalue weighted by Crippen LogP contribution is 2.33. The van der Waals surface area contributed by atoms with Gasteiger partial charge in [-0.05, 0) is 19.4 Å². The van der Waals surface area contributed by atoms with Crippen molar-refractivity contribution in [3.8, 4) is 5.75 Å². The molecule has 1 aliphatic rings. The number of halogens is 2. The zero-order valence-corrected chi connectivity index (χ0v) is 11.3. The molecule has 0 aromatic heterocycles. The molecule has 1 aromatic carbocycles. The topological polar surface area (TPSA) is 64.3 Å². The minimum absolute atomic E-state index is 0.129. The molecule has 1 saturated carbocycles. The van der Waals surface area contributed by atoms with E-state index in [1.54, 1.807) is 0 Å². The van der Waals surface area contributed by atoms with Crippen molar-refractivity contribution in [1.29, 1.82) is 0 Å². The van der Waals surface area contributed by atoms with Crippen LogP contribution in [0.3, 0.4) is 0 Å². The van der Waals surface area contributed by atoms with Gasteiger partial charge >= 0.3 is 0 Å². The highest BCUT2D eigenvalue weighted by atomic mass is 19.1. The van der Waals surface area contributed by atoms with E-state index in [9.17, 15) is 13.6 Å². The number of carbonyl (C=O) groups is 1. The van der Waals surface area contributed by atoms with Gasteiger partial charge in [0.25, 0.3) is 0 Å². The summed E-state index contributed by atoms with van der Waals surface area (Å²) in [5.74, 6) is -1.67. The summed E-state index contributed by atoms with van der Waals surface area (Å²) in [4.78, 5) is 11.6. The Morgan fingerprint density at radius 3 is 2.65 bits per heavy atom. The number of primary amides is 1. The number of nitrogens with two attached hydrogens (primary N) is 1. The molecule has 2 rings (SSSR count). The van der Waals surface area contributed by atoms with E-state index in [1.807, 2.05) is 6.92 Å². The summed E-state index contributed by atoms with van der Waals surface area (Å²) >= 11 is 0. The first-order valence-electron chi connectivity index (χ1n) is 6.63. The van der Waals surface area contributed by atoms with Crippen LogP contribution in [0.5, 0.6) is 5.75 Å². The van der Waals surface area contributed by atoms with Gasteiger partial charge in [-0.3, -0.25) is 4.79 Å². The van der Waals surface area contributed by atoms with Crippen LogP contribution in [0.4, 0.5) is 8.78 Å². The summed E-state index contributed by atoms with van der Waals surface area (Å²) in [6.45, 7) is 2.51. The highest BCUT2D eigenvalue weighted by Gasteiger charge is 2.44. The van der Waals surface area contributed by atoms with Crippen molar-refractivity contribution in [3.63, 3.8) is 0 Å². The smallest absolute Gasteiger partial charge is 0.237 e. The van der Waals surface area contributed by atoms with Gasteiger partial charge in [0.2, 0.25) is 5.91 Å². The van der Waals surface area contributed by atoms with Crippen molar-refractivity contribution in [2.75, 3.05) is 6.54 Å². The summed E-state index contributed by atoms with van der Waals surface area (Å²) < 4.78 is 31.8. The van der Waals surface area contributed by atoms with Crippen LogP contribution in [0, 0.1) is 11.6 Å². The Hall–Kier alpha value is -1.69. The molecular weight excluding hydrogens is 266 g/mol. The fourth-order valence-electron chi connectivity index (χ4n) is 2.70. The second-order valence-electron chi connectivity index (χ2n) is 5.06. The molecule has 0 spiro atoms. The van der Waals surface area contributed by atoms with Crippen LogP contribution in [-0.4, -0.2) is 24.1 Å². The third kappa shape index (κ3) is 3.07. The van der Waals surface area contributed by atoms with E-state index in [4.69, 9.17) is 10.5 Å². The molecule has 3 N–H and O–H groups in total. The molecule has 4 nitrogen and oxygen atoms in total. The number of benzene rings is 1. The number of hydrogen-bond acceptors (Lipinski definition) is 3. The maximum absolute atomic E-state index is 13.1. The first-order valence-corrected chi connectivity index (χ1v) is 6.63. The molecule has 0 heterocycles. The Morgan fingerprint density at radius 2 is 2.10 bits per heavy atom. The highest BCUT2D eigenvalue weighted by molar-refractivity contribution is 5.85. The summed E-state index contributed by atoms with van der Waals surface area (Å²) in [6.07, 6.45) is 1.27. The third-order valence-corrected chi connectivity index (χ3v) is 3.59. The van der Waals surface area contributed by atoms with Gasteiger partial charge in [-0.15, -0.1) is 0 Å². The largest absolute Gasteiger partial charge is 0.490 e. The van der Waals surface area contributed by atoms with Gasteiger partial charge in [-0.25, -0.2) is 8.78 Å². The minimum atomic E-state index is -0.786. The van der Waals surface area contributed by atoms with Gasteiger partial charge < -0.3 is 15.8 Å². The first-order chi connectivity index (χ1) is 9.45. The molecule has 20 heavy (non-hydrogen) atoms. The number of carbonyl (C=O) groups excluding carboxylic acids is 1. The predicted molar refractivity (Wildman–Crippen MR) is 70.2 cm³/mol. The van der Waals surface area contributed by atoms with Crippen LogP contribution in [0.15, 0.2) is 18.2 Å². The van der Waals surface area contributed by atoms with Crippen molar-refractivity contribution in [1.82, 2.24) is 5.32 Å². The van der Waals surface area contributed by atoms with Crippen molar-refractivity contribution in [3.05, 3.63) is 29.8 Å². The van der Waals surface area contributed by atoms with Crippen LogP contribution in [0.1, 0.15) is 26.2 Å². The molecule has 6 heteroatoms. The molecule has 0 aliphatic heterocycles. The lowest BCUT2D eigenvalue weighted by Crippen LogP contribution is -2.54. The molecule has 110 valence electrons. The zero-order valence-electron chi connectivity index (χ0n) is 11.3. The maximum Gasteiger partial charge on any atom is 0.237 e. The van der Waals surface area contributed by atoms with Gasteiger partial charge in [-0.2, -0.15) is 0 Å². The normalized spacial score (nSPS) is 25.6. The Labute approximate surface area is 116 Å². The fraction of sp³-hybridized carbons (Fsp3) is 0.500. The number of rotatable bonds is 5. The average Bonchev–Trinajstić information content (AvgIpc) is 2.72. The van der Waals surface area contributed by atoms with Crippen molar-refractivity contribution in [2.45, 2.75) is 37.8 Å². The van der Waals surface area contributed by atoms with Crippen LogP contribution in [0.25, 0.3) is 0 Å². The number of hydrogen-bond donors (Lipinski definition) is 2. The zero-order chi connectivity index (χ0) is 14.8. The summed E-state index contributed by atoms with van der Waals surface area (Å²) in [7, 11) is 0. The quantitative estimate of drug-likeness (QED) is 0.865. The minimum Gasteiger partial charge on any atom is -0.490 e. The van der Waals surface area contributed by atoms with Gasteiger partial charge in [0.05, 0.1) is 0 Å². The molecule has 2 atom stereocenters. The first kappa shape index (κ1) is 14.7. The molecule has 1 amide bonds. The molecule has 0 radical (unpaired) electrons. The maximum atomic E-state index is 13.1. The Morgan fingerprint density at radius 1 is 1.45 bits per heavy atom. The van der Waals surface area contributed by atoms with Crippen LogP contribution < -0.4 is 15.8 Å². The number of amides is 1. The van der Waals surface area contributed by atoms with Crippen molar-refractivity contribution in [2.24, 2.45) is 5.73 Å². The van der Waals surface area contributed by atoms with E-state index in [0.717, 1.165) is 18.2 Å². The monoisotopic (exact) mass is 284 g/mol. The van der Waals surface area contributed by atoms with E-state index >= 15 is 0 Å². The summed E-state index contributed by atoms with van der Waals surface area (Å²) in [5, 5.41) is 3.09. The standard InChI is InChI=1S/C14H18F2N2O2/c1-2-18-14(13(17)19)4-3-11(8-14)20-12-6-9(15)5-10(16)7-12/h5-7,11,18H,2-4,8H2,1H3,(H2,17,19). The van der Waals surface area contributed by atoms with Gasteiger partial charge in [0.1, 0.15) is 29.0 Å². The van der Waals surface area contributed by atoms with E-state index in [1.165, 1.54) is 0 Å². The summed E-state index contributed by atoms with van der Waals surface area (Å²) in [6, 6.07) is 3.04. The number of likely N-dealkylation sites (N-methyl/N-ethyl adjacent to an activating group) is 1. The van der Waals surface area contributed by atoms with Crippen LogP contribution in [0.2, 0.25) is 0 Å². The molecule has 0 bridgehead atoms. The predicted octanol–water partition coefficient (Wildman–Crippen LogP) is 1.73. The lowest BCUT2D eigenvalue weighted by molar-refractivity contribution is -0.124. The third-order valence-electron chi connectivity index (χ3n) is 3.59. The molecule has 0 saturated heterocycles. The number of nitrogens with one attached hydrogen (secondary N) is 1.